The van der Waals surface area contributed by atoms with Crippen LogP contribution in [0.25, 0.3) is 0 Å². The highest BCUT2D eigenvalue weighted by Gasteiger charge is 2.25. The fourth-order valence-electron chi connectivity index (χ4n) is 2.94. The average Bonchev–Trinajstić information content (AvgIpc) is 3.11. The number of phenolic OH excluding ortho intramolecular Hbond substituents is 1. The summed E-state index contributed by atoms with van der Waals surface area (Å²) in [4.78, 5) is 18.9. The summed E-state index contributed by atoms with van der Waals surface area (Å²) in [6.07, 6.45) is 0.503. The molecule has 2 heterocycles. The second-order valence-corrected chi connectivity index (χ2v) is 8.63. The molecule has 2 amide bonds. The second kappa shape index (κ2) is 8.27. The summed E-state index contributed by atoms with van der Waals surface area (Å²) in [6.45, 7) is 8.53. The van der Waals surface area contributed by atoms with E-state index in [1.165, 1.54) is 0 Å². The van der Waals surface area contributed by atoms with Gasteiger partial charge >= 0.3 is 6.03 Å². The van der Waals surface area contributed by atoms with E-state index in [0.717, 1.165) is 22.7 Å². The Labute approximate surface area is 164 Å². The third-order valence-electron chi connectivity index (χ3n) is 4.45. The number of carbonyl (C=O) groups is 1. The van der Waals surface area contributed by atoms with Gasteiger partial charge in [0.25, 0.3) is 0 Å². The van der Waals surface area contributed by atoms with E-state index in [-0.39, 0.29) is 23.3 Å². The van der Waals surface area contributed by atoms with Gasteiger partial charge in [-0.15, -0.1) is 11.3 Å². The molecule has 3 rings (SSSR count). The SMILES string of the molecule is CC(C)(C)c1nc(CCNC(=O)N2CCOC(c3cccc(O)c3)C2)cs1. The molecule has 1 aliphatic rings. The molecule has 146 valence electrons. The van der Waals surface area contributed by atoms with Crippen molar-refractivity contribution >= 4 is 17.4 Å². The zero-order valence-electron chi connectivity index (χ0n) is 16.1. The predicted octanol–water partition coefficient (Wildman–Crippen LogP) is 3.47. The molecule has 0 aliphatic carbocycles. The number of nitrogens with zero attached hydrogens (tertiary/aromatic N) is 2. The lowest BCUT2D eigenvalue weighted by molar-refractivity contribution is -0.0154. The van der Waals surface area contributed by atoms with Gasteiger partial charge in [-0.25, -0.2) is 9.78 Å². The molecule has 1 aromatic carbocycles. The molecule has 0 saturated carbocycles. The number of nitrogens with one attached hydrogen (secondary N) is 1. The fraction of sp³-hybridized carbons (Fsp3) is 0.500. The van der Waals surface area contributed by atoms with Gasteiger partial charge in [0.15, 0.2) is 0 Å². The van der Waals surface area contributed by atoms with E-state index >= 15 is 0 Å². The first-order valence-corrected chi connectivity index (χ1v) is 10.1. The van der Waals surface area contributed by atoms with Crippen LogP contribution in [0.2, 0.25) is 0 Å². The predicted molar refractivity (Wildman–Crippen MR) is 106 cm³/mol. The minimum Gasteiger partial charge on any atom is -0.508 e. The maximum Gasteiger partial charge on any atom is 0.317 e. The molecule has 1 aliphatic heterocycles. The van der Waals surface area contributed by atoms with Crippen molar-refractivity contribution in [2.45, 2.75) is 38.7 Å². The minimum atomic E-state index is -0.218. The summed E-state index contributed by atoms with van der Waals surface area (Å²) in [6, 6.07) is 6.91. The molecule has 1 atom stereocenters. The number of urea groups is 1. The highest BCUT2D eigenvalue weighted by Crippen LogP contribution is 2.26. The molecule has 0 bridgehead atoms. The van der Waals surface area contributed by atoms with E-state index in [4.69, 9.17) is 4.74 Å². The van der Waals surface area contributed by atoms with Gasteiger partial charge in [-0.2, -0.15) is 0 Å². The highest BCUT2D eigenvalue weighted by atomic mass is 32.1. The number of benzene rings is 1. The van der Waals surface area contributed by atoms with E-state index in [0.29, 0.717) is 26.2 Å². The van der Waals surface area contributed by atoms with Gasteiger partial charge in [-0.05, 0) is 17.7 Å². The summed E-state index contributed by atoms with van der Waals surface area (Å²) >= 11 is 1.67. The molecular formula is C20H27N3O3S. The standard InChI is InChI=1S/C20H27N3O3S/c1-20(2,3)18-22-15(13-27-18)7-8-21-19(25)23-9-10-26-17(12-23)14-5-4-6-16(24)11-14/h4-6,11,13,17,24H,7-10,12H2,1-3H3,(H,21,25). The van der Waals surface area contributed by atoms with Gasteiger partial charge in [0, 0.05) is 30.3 Å². The maximum absolute atomic E-state index is 12.5. The number of aromatic nitrogens is 1. The third-order valence-corrected chi connectivity index (χ3v) is 5.76. The highest BCUT2D eigenvalue weighted by molar-refractivity contribution is 7.09. The van der Waals surface area contributed by atoms with E-state index in [1.54, 1.807) is 34.4 Å². The van der Waals surface area contributed by atoms with Gasteiger partial charge in [-0.1, -0.05) is 32.9 Å². The lowest BCUT2D eigenvalue weighted by Crippen LogP contribution is -2.47. The van der Waals surface area contributed by atoms with Gasteiger partial charge in [0.05, 0.1) is 23.9 Å². The lowest BCUT2D eigenvalue weighted by atomic mass is 9.98. The zero-order valence-corrected chi connectivity index (χ0v) is 16.9. The molecule has 1 saturated heterocycles. The molecule has 7 heteroatoms. The van der Waals surface area contributed by atoms with E-state index < -0.39 is 0 Å². The third kappa shape index (κ3) is 5.20. The normalized spacial score (nSPS) is 17.7. The number of carbonyl (C=O) groups excluding carboxylic acids is 1. The Kier molecular flexibility index (Phi) is 6.01. The van der Waals surface area contributed by atoms with Crippen LogP contribution in [0.3, 0.4) is 0 Å². The molecule has 27 heavy (non-hydrogen) atoms. The summed E-state index contributed by atoms with van der Waals surface area (Å²) in [5.41, 5.74) is 1.95. The molecule has 0 radical (unpaired) electrons. The summed E-state index contributed by atoms with van der Waals surface area (Å²) in [5.74, 6) is 0.204. The average molecular weight is 390 g/mol. The quantitative estimate of drug-likeness (QED) is 0.840. The molecule has 1 fully saturated rings. The Morgan fingerprint density at radius 3 is 2.96 bits per heavy atom. The van der Waals surface area contributed by atoms with Crippen molar-refractivity contribution in [1.82, 2.24) is 15.2 Å². The van der Waals surface area contributed by atoms with E-state index in [1.807, 2.05) is 6.07 Å². The monoisotopic (exact) mass is 389 g/mol. The number of hydrogen-bond donors (Lipinski definition) is 2. The Balaban J connectivity index is 1.50. The number of aromatic hydroxyl groups is 1. The van der Waals surface area contributed by atoms with Crippen LogP contribution in [-0.2, 0) is 16.6 Å². The topological polar surface area (TPSA) is 74.7 Å². The van der Waals surface area contributed by atoms with Crippen LogP contribution in [0.4, 0.5) is 4.79 Å². The Morgan fingerprint density at radius 2 is 2.26 bits per heavy atom. The molecule has 2 N–H and O–H groups in total. The van der Waals surface area contributed by atoms with Crippen LogP contribution >= 0.6 is 11.3 Å². The molecule has 1 aromatic heterocycles. The number of hydrogen-bond acceptors (Lipinski definition) is 5. The Bertz CT molecular complexity index is 785. The van der Waals surface area contributed by atoms with Crippen molar-refractivity contribution in [3.8, 4) is 5.75 Å². The molecule has 1 unspecified atom stereocenters. The van der Waals surface area contributed by atoms with Gasteiger partial charge < -0.3 is 20.1 Å². The number of morpholine rings is 1. The fourth-order valence-corrected chi connectivity index (χ4v) is 3.88. The van der Waals surface area contributed by atoms with Crippen LogP contribution < -0.4 is 5.32 Å². The molecular weight excluding hydrogens is 362 g/mol. The van der Waals surface area contributed by atoms with Crippen molar-refractivity contribution in [1.29, 1.82) is 0 Å². The van der Waals surface area contributed by atoms with Crippen LogP contribution in [-0.4, -0.2) is 47.3 Å². The number of rotatable bonds is 4. The van der Waals surface area contributed by atoms with Crippen LogP contribution in [0.5, 0.6) is 5.75 Å². The second-order valence-electron chi connectivity index (χ2n) is 7.78. The summed E-state index contributed by atoms with van der Waals surface area (Å²) in [5, 5.41) is 15.8. The van der Waals surface area contributed by atoms with Crippen molar-refractivity contribution in [3.05, 3.63) is 45.9 Å². The van der Waals surface area contributed by atoms with Crippen molar-refractivity contribution in [3.63, 3.8) is 0 Å². The number of phenols is 1. The van der Waals surface area contributed by atoms with Crippen molar-refractivity contribution in [2.75, 3.05) is 26.2 Å². The number of ether oxygens (including phenoxy) is 1. The van der Waals surface area contributed by atoms with Crippen molar-refractivity contribution < 1.29 is 14.6 Å². The summed E-state index contributed by atoms with van der Waals surface area (Å²) in [7, 11) is 0. The van der Waals surface area contributed by atoms with Crippen LogP contribution in [0, 0.1) is 0 Å². The first-order valence-electron chi connectivity index (χ1n) is 9.21. The van der Waals surface area contributed by atoms with Crippen molar-refractivity contribution in [2.24, 2.45) is 0 Å². The van der Waals surface area contributed by atoms with Crippen LogP contribution in [0.15, 0.2) is 29.6 Å². The summed E-state index contributed by atoms with van der Waals surface area (Å²) < 4.78 is 5.77. The lowest BCUT2D eigenvalue weighted by Gasteiger charge is -2.33. The van der Waals surface area contributed by atoms with Crippen LogP contribution in [0.1, 0.15) is 43.1 Å². The van der Waals surface area contributed by atoms with Gasteiger partial charge in [0.2, 0.25) is 0 Å². The Morgan fingerprint density at radius 1 is 1.44 bits per heavy atom. The number of amides is 2. The molecule has 6 nitrogen and oxygen atoms in total. The first-order chi connectivity index (χ1) is 12.8. The van der Waals surface area contributed by atoms with Gasteiger partial charge in [0.1, 0.15) is 11.9 Å². The zero-order chi connectivity index (χ0) is 19.4. The molecule has 2 aromatic rings. The number of thiazole rings is 1. The first kappa shape index (κ1) is 19.6. The van der Waals surface area contributed by atoms with E-state index in [9.17, 15) is 9.90 Å². The maximum atomic E-state index is 12.5. The Hall–Kier alpha value is -2.12. The van der Waals surface area contributed by atoms with Gasteiger partial charge in [-0.3, -0.25) is 0 Å². The van der Waals surface area contributed by atoms with E-state index in [2.05, 4.69) is 36.5 Å². The largest absolute Gasteiger partial charge is 0.508 e. The smallest absolute Gasteiger partial charge is 0.317 e. The molecule has 0 spiro atoms. The minimum absolute atomic E-state index is 0.0564.